The predicted octanol–water partition coefficient (Wildman–Crippen LogP) is 2.50. The van der Waals surface area contributed by atoms with Crippen molar-refractivity contribution in [3.63, 3.8) is 0 Å². The molecule has 0 aromatic carbocycles. The summed E-state index contributed by atoms with van der Waals surface area (Å²) in [5, 5.41) is 5.58. The summed E-state index contributed by atoms with van der Waals surface area (Å²) in [6.07, 6.45) is 3.32. The molecule has 0 radical (unpaired) electrons. The van der Waals surface area contributed by atoms with Gasteiger partial charge in [0.25, 0.3) is 0 Å². The van der Waals surface area contributed by atoms with E-state index in [1.165, 1.54) is 11.5 Å². The molecule has 0 aliphatic carbocycles. The van der Waals surface area contributed by atoms with Gasteiger partial charge in [-0.3, -0.25) is 0 Å². The summed E-state index contributed by atoms with van der Waals surface area (Å²) in [6.45, 7) is 5.54. The van der Waals surface area contributed by atoms with E-state index in [2.05, 4.69) is 48.8 Å². The first-order valence-corrected chi connectivity index (χ1v) is 7.98. The van der Waals surface area contributed by atoms with Crippen LogP contribution in [-0.4, -0.2) is 41.2 Å². The first kappa shape index (κ1) is 12.7. The summed E-state index contributed by atoms with van der Waals surface area (Å²) in [4.78, 5) is 0. The Labute approximate surface area is 107 Å². The maximum atomic E-state index is 5.70. The summed E-state index contributed by atoms with van der Waals surface area (Å²) >= 11 is 4.20. The zero-order chi connectivity index (χ0) is 11.5. The molecule has 0 spiro atoms. The quantitative estimate of drug-likeness (QED) is 0.840. The minimum atomic E-state index is 0.398. The SMILES string of the molecule is CNC(C1=CCCO1)C1CSC(C)C(C)S1. The van der Waals surface area contributed by atoms with Crippen molar-refractivity contribution in [2.75, 3.05) is 19.4 Å². The number of hydrogen-bond acceptors (Lipinski definition) is 4. The van der Waals surface area contributed by atoms with Crippen LogP contribution in [0.25, 0.3) is 0 Å². The van der Waals surface area contributed by atoms with Gasteiger partial charge in [-0.15, -0.1) is 0 Å². The molecule has 0 aromatic heterocycles. The molecule has 1 N–H and O–H groups in total. The molecule has 4 heteroatoms. The van der Waals surface area contributed by atoms with Gasteiger partial charge in [-0.05, 0) is 13.1 Å². The van der Waals surface area contributed by atoms with E-state index >= 15 is 0 Å². The molecule has 0 saturated carbocycles. The average Bonchev–Trinajstić information content (AvgIpc) is 2.78. The van der Waals surface area contributed by atoms with Gasteiger partial charge >= 0.3 is 0 Å². The second-order valence-corrected chi connectivity index (χ2v) is 7.46. The third-order valence-electron chi connectivity index (χ3n) is 3.30. The summed E-state index contributed by atoms with van der Waals surface area (Å²) in [5.41, 5.74) is 0. The second-order valence-electron chi connectivity index (χ2n) is 4.43. The Hall–Kier alpha value is 0.200. The van der Waals surface area contributed by atoms with E-state index in [-0.39, 0.29) is 0 Å². The maximum Gasteiger partial charge on any atom is 0.110 e. The number of likely N-dealkylation sites (N-methyl/N-ethyl adjacent to an activating group) is 1. The van der Waals surface area contributed by atoms with Crippen molar-refractivity contribution in [2.45, 2.75) is 42.1 Å². The summed E-state index contributed by atoms with van der Waals surface area (Å²) < 4.78 is 5.70. The molecule has 2 heterocycles. The number of thioether (sulfide) groups is 2. The molecule has 2 aliphatic heterocycles. The van der Waals surface area contributed by atoms with Crippen molar-refractivity contribution in [2.24, 2.45) is 0 Å². The molecule has 0 bridgehead atoms. The number of nitrogens with one attached hydrogen (secondary N) is 1. The molecular weight excluding hydrogens is 238 g/mol. The predicted molar refractivity (Wildman–Crippen MR) is 74.3 cm³/mol. The number of rotatable bonds is 3. The Morgan fingerprint density at radius 2 is 2.25 bits per heavy atom. The minimum absolute atomic E-state index is 0.398. The second kappa shape index (κ2) is 5.69. The van der Waals surface area contributed by atoms with E-state index < -0.39 is 0 Å². The van der Waals surface area contributed by atoms with Gasteiger partial charge in [0.2, 0.25) is 0 Å². The molecule has 2 rings (SSSR count). The van der Waals surface area contributed by atoms with Crippen LogP contribution in [0.4, 0.5) is 0 Å². The lowest BCUT2D eigenvalue weighted by atomic mass is 10.1. The van der Waals surface area contributed by atoms with Gasteiger partial charge in [-0.1, -0.05) is 13.8 Å². The zero-order valence-electron chi connectivity index (χ0n) is 10.2. The van der Waals surface area contributed by atoms with Crippen LogP contribution in [0.2, 0.25) is 0 Å². The van der Waals surface area contributed by atoms with Gasteiger partial charge in [0.1, 0.15) is 5.76 Å². The average molecular weight is 259 g/mol. The van der Waals surface area contributed by atoms with Crippen LogP contribution in [0, 0.1) is 0 Å². The van der Waals surface area contributed by atoms with Gasteiger partial charge < -0.3 is 10.1 Å². The molecule has 0 aromatic rings. The smallest absolute Gasteiger partial charge is 0.110 e. The minimum Gasteiger partial charge on any atom is -0.496 e. The van der Waals surface area contributed by atoms with Crippen molar-refractivity contribution in [3.8, 4) is 0 Å². The van der Waals surface area contributed by atoms with Gasteiger partial charge in [-0.25, -0.2) is 0 Å². The van der Waals surface area contributed by atoms with E-state index in [1.54, 1.807) is 0 Å². The van der Waals surface area contributed by atoms with Crippen molar-refractivity contribution >= 4 is 23.5 Å². The highest BCUT2D eigenvalue weighted by atomic mass is 32.2. The summed E-state index contributed by atoms with van der Waals surface area (Å²) in [7, 11) is 2.04. The fraction of sp³-hybridized carbons (Fsp3) is 0.833. The fourth-order valence-electron chi connectivity index (χ4n) is 2.15. The largest absolute Gasteiger partial charge is 0.496 e. The number of ether oxygens (including phenoxy) is 1. The lowest BCUT2D eigenvalue weighted by molar-refractivity contribution is 0.217. The third kappa shape index (κ3) is 2.71. The Kier molecular flexibility index (Phi) is 4.50. The van der Waals surface area contributed by atoms with Gasteiger partial charge in [0.15, 0.2) is 0 Å². The van der Waals surface area contributed by atoms with Crippen LogP contribution in [0.15, 0.2) is 11.8 Å². The Morgan fingerprint density at radius 1 is 1.44 bits per heavy atom. The molecule has 4 unspecified atom stereocenters. The van der Waals surface area contributed by atoms with Crippen LogP contribution in [0.5, 0.6) is 0 Å². The van der Waals surface area contributed by atoms with Crippen LogP contribution in [0.3, 0.4) is 0 Å². The van der Waals surface area contributed by atoms with Crippen molar-refractivity contribution in [3.05, 3.63) is 11.8 Å². The molecular formula is C12H21NOS2. The molecule has 92 valence electrons. The topological polar surface area (TPSA) is 21.3 Å². The molecule has 1 saturated heterocycles. The lowest BCUT2D eigenvalue weighted by Gasteiger charge is -2.35. The molecule has 2 aliphatic rings. The first-order valence-electron chi connectivity index (χ1n) is 5.99. The van der Waals surface area contributed by atoms with Crippen molar-refractivity contribution in [1.29, 1.82) is 0 Å². The van der Waals surface area contributed by atoms with Crippen molar-refractivity contribution < 1.29 is 4.74 Å². The molecule has 16 heavy (non-hydrogen) atoms. The van der Waals surface area contributed by atoms with Crippen LogP contribution < -0.4 is 5.32 Å². The highest BCUT2D eigenvalue weighted by Crippen LogP contribution is 2.38. The van der Waals surface area contributed by atoms with E-state index in [0.717, 1.165) is 23.5 Å². The molecule has 1 fully saturated rings. The van der Waals surface area contributed by atoms with Gasteiger partial charge in [0, 0.05) is 27.9 Å². The monoisotopic (exact) mass is 259 g/mol. The number of hydrogen-bond donors (Lipinski definition) is 1. The van der Waals surface area contributed by atoms with Gasteiger partial charge in [-0.2, -0.15) is 23.5 Å². The molecule has 0 amide bonds. The van der Waals surface area contributed by atoms with Crippen molar-refractivity contribution in [1.82, 2.24) is 5.32 Å². The fourth-order valence-corrected chi connectivity index (χ4v) is 5.28. The highest BCUT2D eigenvalue weighted by Gasteiger charge is 2.33. The van der Waals surface area contributed by atoms with Crippen LogP contribution >= 0.6 is 23.5 Å². The van der Waals surface area contributed by atoms with Gasteiger partial charge in [0.05, 0.1) is 12.6 Å². The molecule has 2 nitrogen and oxygen atoms in total. The Balaban J connectivity index is 1.99. The summed E-state index contributed by atoms with van der Waals surface area (Å²) in [6, 6.07) is 0.398. The third-order valence-corrected chi connectivity index (χ3v) is 6.79. The Morgan fingerprint density at radius 3 is 2.81 bits per heavy atom. The van der Waals surface area contributed by atoms with E-state index in [1.807, 2.05) is 7.05 Å². The highest BCUT2D eigenvalue weighted by molar-refractivity contribution is 8.07. The first-order chi connectivity index (χ1) is 7.72. The Bertz CT molecular complexity index is 270. The normalized spacial score (nSPS) is 36.7. The van der Waals surface area contributed by atoms with E-state index in [0.29, 0.717) is 11.3 Å². The summed E-state index contributed by atoms with van der Waals surface area (Å²) in [5.74, 6) is 2.39. The molecule has 4 atom stereocenters. The lowest BCUT2D eigenvalue weighted by Crippen LogP contribution is -2.43. The van der Waals surface area contributed by atoms with E-state index in [9.17, 15) is 0 Å². The van der Waals surface area contributed by atoms with E-state index in [4.69, 9.17) is 4.74 Å². The standard InChI is InChI=1S/C12H21NOS2/c1-8-9(2)16-11(7-15-8)12(13-3)10-5-4-6-14-10/h5,8-9,11-13H,4,6-7H2,1-3H3. The van der Waals surface area contributed by atoms with Crippen LogP contribution in [-0.2, 0) is 4.74 Å². The maximum absolute atomic E-state index is 5.70. The van der Waals surface area contributed by atoms with Crippen LogP contribution in [0.1, 0.15) is 20.3 Å². The zero-order valence-corrected chi connectivity index (χ0v) is 11.9.